The van der Waals surface area contributed by atoms with Crippen molar-refractivity contribution in [3.63, 3.8) is 0 Å². The van der Waals surface area contributed by atoms with Crippen LogP contribution in [0.4, 0.5) is 11.4 Å². The van der Waals surface area contributed by atoms with Crippen LogP contribution in [0.15, 0.2) is 18.5 Å². The zero-order valence-corrected chi connectivity index (χ0v) is 9.60. The molecule has 0 radical (unpaired) electrons. The van der Waals surface area contributed by atoms with E-state index in [0.717, 1.165) is 30.6 Å². The maximum absolute atomic E-state index is 11.7. The molecule has 90 valence electrons. The quantitative estimate of drug-likeness (QED) is 0.748. The van der Waals surface area contributed by atoms with Gasteiger partial charge in [-0.05, 0) is 25.3 Å². The van der Waals surface area contributed by atoms with E-state index in [2.05, 4.69) is 15.2 Å². The Morgan fingerprint density at radius 3 is 3.12 bits per heavy atom. The fourth-order valence-corrected chi connectivity index (χ4v) is 2.75. The molecular weight excluding hydrogens is 216 g/mol. The molecule has 1 saturated carbocycles. The van der Waals surface area contributed by atoms with Crippen molar-refractivity contribution < 1.29 is 4.79 Å². The lowest BCUT2D eigenvalue weighted by molar-refractivity contribution is -0.115. The standard InChI is InChI=1S/C12H16N4O/c13-8-1-2-9(5-8)16-7-12(17)15-10-3-4-14-6-11(10)16/h3-4,6,8-9H,1-2,5,7,13H2,(H,15,17). The first-order valence-electron chi connectivity index (χ1n) is 6.00. The molecule has 0 saturated heterocycles. The summed E-state index contributed by atoms with van der Waals surface area (Å²) in [5, 5.41) is 2.87. The number of rotatable bonds is 1. The van der Waals surface area contributed by atoms with Crippen LogP contribution in [0.1, 0.15) is 19.3 Å². The van der Waals surface area contributed by atoms with Gasteiger partial charge in [-0.2, -0.15) is 0 Å². The number of carbonyl (C=O) groups is 1. The fraction of sp³-hybridized carbons (Fsp3) is 0.500. The number of anilines is 2. The second-order valence-corrected chi connectivity index (χ2v) is 4.80. The molecule has 2 aliphatic rings. The van der Waals surface area contributed by atoms with Gasteiger partial charge in [0.1, 0.15) is 0 Å². The van der Waals surface area contributed by atoms with Crippen molar-refractivity contribution in [2.24, 2.45) is 5.73 Å². The Morgan fingerprint density at radius 1 is 1.47 bits per heavy atom. The van der Waals surface area contributed by atoms with Crippen LogP contribution in [0, 0.1) is 0 Å². The molecule has 1 aliphatic heterocycles. The van der Waals surface area contributed by atoms with Crippen LogP contribution < -0.4 is 16.0 Å². The van der Waals surface area contributed by atoms with Crippen LogP contribution in [-0.4, -0.2) is 29.5 Å². The lowest BCUT2D eigenvalue weighted by Crippen LogP contribution is -2.44. The number of amides is 1. The third-order valence-corrected chi connectivity index (χ3v) is 3.58. The van der Waals surface area contributed by atoms with Crippen molar-refractivity contribution in [3.05, 3.63) is 18.5 Å². The minimum atomic E-state index is 0.0455. The van der Waals surface area contributed by atoms with Gasteiger partial charge < -0.3 is 16.0 Å². The summed E-state index contributed by atoms with van der Waals surface area (Å²) in [6.45, 7) is 0.413. The number of carbonyl (C=O) groups excluding carboxylic acids is 1. The Bertz CT molecular complexity index is 448. The molecule has 3 N–H and O–H groups in total. The van der Waals surface area contributed by atoms with Gasteiger partial charge in [-0.25, -0.2) is 0 Å². The van der Waals surface area contributed by atoms with E-state index in [1.54, 1.807) is 6.20 Å². The van der Waals surface area contributed by atoms with Gasteiger partial charge in [-0.1, -0.05) is 0 Å². The lowest BCUT2D eigenvalue weighted by atomic mass is 10.1. The summed E-state index contributed by atoms with van der Waals surface area (Å²) in [6.07, 6.45) is 6.57. The van der Waals surface area contributed by atoms with Crippen LogP contribution in [0.25, 0.3) is 0 Å². The Labute approximate surface area is 100 Å². The maximum Gasteiger partial charge on any atom is 0.243 e. The minimum Gasteiger partial charge on any atom is -0.356 e. The Hall–Kier alpha value is -1.62. The number of nitrogens with two attached hydrogens (primary N) is 1. The van der Waals surface area contributed by atoms with Crippen LogP contribution >= 0.6 is 0 Å². The smallest absolute Gasteiger partial charge is 0.243 e. The average Bonchev–Trinajstić information content (AvgIpc) is 2.74. The van der Waals surface area contributed by atoms with E-state index >= 15 is 0 Å². The third kappa shape index (κ3) is 1.86. The molecule has 0 spiro atoms. The molecule has 1 fully saturated rings. The largest absolute Gasteiger partial charge is 0.356 e. The topological polar surface area (TPSA) is 71.2 Å². The maximum atomic E-state index is 11.7. The molecule has 2 atom stereocenters. The first-order chi connectivity index (χ1) is 8.24. The molecule has 0 aromatic carbocycles. The number of pyridine rings is 1. The predicted octanol–water partition coefficient (Wildman–Crippen LogP) is 0.720. The average molecular weight is 232 g/mol. The zero-order chi connectivity index (χ0) is 11.8. The van der Waals surface area contributed by atoms with Crippen molar-refractivity contribution in [1.29, 1.82) is 0 Å². The van der Waals surface area contributed by atoms with E-state index < -0.39 is 0 Å². The number of fused-ring (bicyclic) bond motifs is 1. The zero-order valence-electron chi connectivity index (χ0n) is 9.60. The summed E-state index contributed by atoms with van der Waals surface area (Å²) in [6, 6.07) is 2.48. The van der Waals surface area contributed by atoms with Crippen molar-refractivity contribution in [3.8, 4) is 0 Å². The summed E-state index contributed by atoms with van der Waals surface area (Å²) >= 11 is 0. The first kappa shape index (κ1) is 10.5. The predicted molar refractivity (Wildman–Crippen MR) is 65.8 cm³/mol. The van der Waals surface area contributed by atoms with Gasteiger partial charge in [0, 0.05) is 18.3 Å². The van der Waals surface area contributed by atoms with Gasteiger partial charge in [0.15, 0.2) is 0 Å². The van der Waals surface area contributed by atoms with Crippen molar-refractivity contribution in [1.82, 2.24) is 4.98 Å². The number of nitrogens with zero attached hydrogens (tertiary/aromatic N) is 2. The van der Waals surface area contributed by atoms with Crippen molar-refractivity contribution >= 4 is 17.3 Å². The normalized spacial score (nSPS) is 27.8. The highest BCUT2D eigenvalue weighted by Gasteiger charge is 2.32. The number of nitrogens with one attached hydrogen (secondary N) is 1. The monoisotopic (exact) mass is 232 g/mol. The number of hydrogen-bond donors (Lipinski definition) is 2. The van der Waals surface area contributed by atoms with E-state index in [0.29, 0.717) is 12.6 Å². The Morgan fingerprint density at radius 2 is 2.35 bits per heavy atom. The summed E-state index contributed by atoms with van der Waals surface area (Å²) in [4.78, 5) is 18.0. The van der Waals surface area contributed by atoms with E-state index in [9.17, 15) is 4.79 Å². The van der Waals surface area contributed by atoms with E-state index in [1.807, 2.05) is 12.3 Å². The fourth-order valence-electron chi connectivity index (χ4n) is 2.75. The summed E-state index contributed by atoms with van der Waals surface area (Å²) < 4.78 is 0. The van der Waals surface area contributed by atoms with Crippen LogP contribution in [0.3, 0.4) is 0 Å². The SMILES string of the molecule is NC1CCC(N2CC(=O)Nc3ccncc32)C1. The van der Waals surface area contributed by atoms with Gasteiger partial charge in [0.25, 0.3) is 0 Å². The second-order valence-electron chi connectivity index (χ2n) is 4.80. The first-order valence-corrected chi connectivity index (χ1v) is 6.00. The molecule has 2 heterocycles. The molecule has 0 bridgehead atoms. The number of aromatic nitrogens is 1. The minimum absolute atomic E-state index is 0.0455. The van der Waals surface area contributed by atoms with E-state index in [4.69, 9.17) is 5.73 Å². The van der Waals surface area contributed by atoms with Gasteiger partial charge in [0.2, 0.25) is 5.91 Å². The highest BCUT2D eigenvalue weighted by Crippen LogP contribution is 2.34. The van der Waals surface area contributed by atoms with Gasteiger partial charge in [-0.3, -0.25) is 9.78 Å². The second kappa shape index (κ2) is 4.00. The Balaban J connectivity index is 1.92. The third-order valence-electron chi connectivity index (χ3n) is 3.58. The molecule has 1 aliphatic carbocycles. The van der Waals surface area contributed by atoms with Gasteiger partial charge >= 0.3 is 0 Å². The summed E-state index contributed by atoms with van der Waals surface area (Å²) in [5.41, 5.74) is 7.82. The van der Waals surface area contributed by atoms with Crippen LogP contribution in [-0.2, 0) is 4.79 Å². The molecule has 1 amide bonds. The highest BCUT2D eigenvalue weighted by molar-refractivity contribution is 6.01. The molecule has 17 heavy (non-hydrogen) atoms. The van der Waals surface area contributed by atoms with Gasteiger partial charge in [0.05, 0.1) is 24.1 Å². The number of hydrogen-bond acceptors (Lipinski definition) is 4. The molecule has 5 heteroatoms. The van der Waals surface area contributed by atoms with Crippen LogP contribution in [0.5, 0.6) is 0 Å². The van der Waals surface area contributed by atoms with E-state index in [-0.39, 0.29) is 11.9 Å². The lowest BCUT2D eigenvalue weighted by Gasteiger charge is -2.35. The summed E-state index contributed by atoms with van der Waals surface area (Å²) in [7, 11) is 0. The van der Waals surface area contributed by atoms with Crippen molar-refractivity contribution in [2.45, 2.75) is 31.3 Å². The van der Waals surface area contributed by atoms with Crippen LogP contribution in [0.2, 0.25) is 0 Å². The van der Waals surface area contributed by atoms with Gasteiger partial charge in [-0.15, -0.1) is 0 Å². The highest BCUT2D eigenvalue weighted by atomic mass is 16.2. The molecule has 1 aromatic heterocycles. The molecule has 2 unspecified atom stereocenters. The molecule has 1 aromatic rings. The molecule has 3 rings (SSSR count). The van der Waals surface area contributed by atoms with Crippen molar-refractivity contribution in [2.75, 3.05) is 16.8 Å². The summed E-state index contributed by atoms with van der Waals surface area (Å²) in [5.74, 6) is 0.0455. The Kier molecular flexibility index (Phi) is 2.48. The molecular formula is C12H16N4O. The van der Waals surface area contributed by atoms with E-state index in [1.165, 1.54) is 0 Å². The molecule has 5 nitrogen and oxygen atoms in total.